The lowest BCUT2D eigenvalue weighted by Crippen LogP contribution is -1.99. The van der Waals surface area contributed by atoms with E-state index >= 15 is 0 Å². The lowest BCUT2D eigenvalue weighted by Gasteiger charge is -1.94. The summed E-state index contributed by atoms with van der Waals surface area (Å²) in [6, 6.07) is 0. The van der Waals surface area contributed by atoms with Gasteiger partial charge in [-0.05, 0) is 13.3 Å². The van der Waals surface area contributed by atoms with Crippen LogP contribution >= 0.6 is 12.2 Å². The zero-order valence-electron chi connectivity index (χ0n) is 7.63. The van der Waals surface area contributed by atoms with Crippen LogP contribution < -0.4 is 0 Å². The monoisotopic (exact) mass is 200 g/mol. The van der Waals surface area contributed by atoms with Crippen molar-refractivity contribution in [1.29, 1.82) is 0 Å². The second kappa shape index (κ2) is 3.74. The topological polar surface area (TPSA) is 58.0 Å². The number of carboxylic acid groups (broad SMARTS) is 1. The van der Waals surface area contributed by atoms with Gasteiger partial charge in [0.2, 0.25) is 0 Å². The van der Waals surface area contributed by atoms with Crippen molar-refractivity contribution in [3.05, 3.63) is 15.9 Å². The van der Waals surface area contributed by atoms with E-state index in [0.29, 0.717) is 23.3 Å². The lowest BCUT2D eigenvalue weighted by molar-refractivity contribution is 0.0695. The van der Waals surface area contributed by atoms with E-state index in [1.54, 1.807) is 4.68 Å². The van der Waals surface area contributed by atoms with Gasteiger partial charge in [-0.1, -0.05) is 19.1 Å². The molecule has 1 aromatic rings. The third kappa shape index (κ3) is 1.65. The second-order valence-electron chi connectivity index (χ2n) is 2.67. The average molecular weight is 200 g/mol. The first-order valence-electron chi connectivity index (χ1n) is 4.16. The van der Waals surface area contributed by atoms with Crippen molar-refractivity contribution in [1.82, 2.24) is 9.78 Å². The lowest BCUT2D eigenvalue weighted by atomic mass is 10.2. The van der Waals surface area contributed by atoms with Gasteiger partial charge in [-0.2, -0.15) is 0 Å². The number of aromatic nitrogens is 2. The van der Waals surface area contributed by atoms with Crippen LogP contribution in [0.1, 0.15) is 29.9 Å². The number of H-pyrrole nitrogens is 1. The molecule has 0 amide bonds. The molecule has 1 rings (SSSR count). The Morgan fingerprint density at radius 1 is 1.62 bits per heavy atom. The van der Waals surface area contributed by atoms with E-state index in [4.69, 9.17) is 17.3 Å². The van der Waals surface area contributed by atoms with E-state index in [0.717, 1.165) is 0 Å². The first-order valence-corrected chi connectivity index (χ1v) is 4.57. The molecule has 0 saturated heterocycles. The molecule has 72 valence electrons. The highest BCUT2D eigenvalue weighted by molar-refractivity contribution is 7.71. The number of hydrogen-bond donors (Lipinski definition) is 2. The highest BCUT2D eigenvalue weighted by atomic mass is 32.1. The van der Waals surface area contributed by atoms with Gasteiger partial charge >= 0.3 is 5.97 Å². The van der Waals surface area contributed by atoms with Gasteiger partial charge in [-0.15, -0.1) is 0 Å². The third-order valence-electron chi connectivity index (χ3n) is 1.91. The van der Waals surface area contributed by atoms with Crippen molar-refractivity contribution in [2.45, 2.75) is 26.8 Å². The van der Waals surface area contributed by atoms with Crippen LogP contribution in [0.25, 0.3) is 0 Å². The van der Waals surface area contributed by atoms with Crippen LogP contribution in [-0.4, -0.2) is 20.9 Å². The quantitative estimate of drug-likeness (QED) is 0.732. The maximum absolute atomic E-state index is 10.8. The minimum atomic E-state index is -0.953. The summed E-state index contributed by atoms with van der Waals surface area (Å²) in [5.41, 5.74) is 0.929. The molecule has 0 bridgehead atoms. The summed E-state index contributed by atoms with van der Waals surface area (Å²) in [4.78, 5) is 10.8. The first kappa shape index (κ1) is 9.98. The smallest absolute Gasteiger partial charge is 0.340 e. The average Bonchev–Trinajstić information content (AvgIpc) is 2.41. The number of carboxylic acids is 1. The molecular weight excluding hydrogens is 188 g/mol. The number of hydrogen-bond acceptors (Lipinski definition) is 2. The number of aryl methyl sites for hydroxylation is 2. The van der Waals surface area contributed by atoms with Gasteiger partial charge in [0.15, 0.2) is 0 Å². The molecule has 0 aliphatic rings. The molecule has 0 atom stereocenters. The van der Waals surface area contributed by atoms with Gasteiger partial charge in [-0.25, -0.2) is 4.79 Å². The second-order valence-corrected chi connectivity index (χ2v) is 3.06. The van der Waals surface area contributed by atoms with Crippen molar-refractivity contribution in [2.24, 2.45) is 0 Å². The molecule has 2 N–H and O–H groups in total. The summed E-state index contributed by atoms with van der Waals surface area (Å²) < 4.78 is 2.05. The molecule has 1 aromatic heterocycles. The SMILES string of the molecule is CCc1[nH]n(CC)c(=S)c1C(=O)O. The number of carbonyl (C=O) groups is 1. The van der Waals surface area contributed by atoms with E-state index in [-0.39, 0.29) is 5.56 Å². The Labute approximate surface area is 81.2 Å². The zero-order valence-corrected chi connectivity index (χ0v) is 8.44. The molecule has 13 heavy (non-hydrogen) atoms. The van der Waals surface area contributed by atoms with Crippen molar-refractivity contribution in [2.75, 3.05) is 0 Å². The summed E-state index contributed by atoms with van der Waals surface area (Å²) in [7, 11) is 0. The van der Waals surface area contributed by atoms with Gasteiger partial charge in [0.05, 0.1) is 0 Å². The van der Waals surface area contributed by atoms with Gasteiger partial charge in [0, 0.05) is 12.2 Å². The fraction of sp³-hybridized carbons (Fsp3) is 0.500. The molecule has 0 fully saturated rings. The highest BCUT2D eigenvalue weighted by Gasteiger charge is 2.15. The van der Waals surface area contributed by atoms with E-state index in [2.05, 4.69) is 5.10 Å². The first-order chi connectivity index (χ1) is 6.11. The molecule has 0 spiro atoms. The molecule has 1 heterocycles. The van der Waals surface area contributed by atoms with E-state index < -0.39 is 5.97 Å². The van der Waals surface area contributed by atoms with Crippen LogP contribution in [0.2, 0.25) is 0 Å². The minimum Gasteiger partial charge on any atom is -0.478 e. The van der Waals surface area contributed by atoms with Crippen molar-refractivity contribution in [3.8, 4) is 0 Å². The summed E-state index contributed by atoms with van der Waals surface area (Å²) >= 11 is 5.01. The maximum atomic E-state index is 10.8. The molecule has 0 radical (unpaired) electrons. The van der Waals surface area contributed by atoms with Crippen molar-refractivity contribution >= 4 is 18.2 Å². The van der Waals surface area contributed by atoms with Crippen LogP contribution in [0.15, 0.2) is 0 Å². The van der Waals surface area contributed by atoms with E-state index in [9.17, 15) is 4.79 Å². The Morgan fingerprint density at radius 3 is 2.54 bits per heavy atom. The molecular formula is C8H12N2O2S. The largest absolute Gasteiger partial charge is 0.478 e. The molecule has 0 unspecified atom stereocenters. The molecule has 5 heteroatoms. The molecule has 0 saturated carbocycles. The zero-order chi connectivity index (χ0) is 10.0. The summed E-state index contributed by atoms with van der Waals surface area (Å²) in [5.74, 6) is -0.953. The molecule has 0 aliphatic heterocycles. The van der Waals surface area contributed by atoms with Crippen LogP contribution in [0, 0.1) is 4.64 Å². The predicted octanol–water partition coefficient (Wildman–Crippen LogP) is 1.83. The molecule has 0 aliphatic carbocycles. The number of nitrogens with zero attached hydrogens (tertiary/aromatic N) is 1. The standard InChI is InChI=1S/C8H12N2O2S/c1-3-5-6(8(11)12)7(13)10(4-2)9-5/h9H,3-4H2,1-2H3,(H,11,12). The summed E-state index contributed by atoms with van der Waals surface area (Å²) in [5, 5.41) is 11.8. The highest BCUT2D eigenvalue weighted by Crippen LogP contribution is 2.10. The Morgan fingerprint density at radius 2 is 2.23 bits per heavy atom. The van der Waals surface area contributed by atoms with Crippen LogP contribution in [-0.2, 0) is 13.0 Å². The number of nitrogens with one attached hydrogen (secondary N) is 1. The fourth-order valence-corrected chi connectivity index (χ4v) is 1.62. The number of aromatic carboxylic acids is 1. The van der Waals surface area contributed by atoms with Crippen molar-refractivity contribution in [3.63, 3.8) is 0 Å². The Bertz CT molecular complexity index is 378. The fourth-order valence-electron chi connectivity index (χ4n) is 1.23. The number of rotatable bonds is 3. The third-order valence-corrected chi connectivity index (χ3v) is 2.34. The normalized spacial score (nSPS) is 10.3. The molecule has 0 aromatic carbocycles. The number of aromatic amines is 1. The Balaban J connectivity index is 3.38. The predicted molar refractivity (Wildman–Crippen MR) is 51.6 cm³/mol. The summed E-state index contributed by atoms with van der Waals surface area (Å²) in [6.07, 6.45) is 0.651. The van der Waals surface area contributed by atoms with Crippen LogP contribution in [0.3, 0.4) is 0 Å². The summed E-state index contributed by atoms with van der Waals surface area (Å²) in [6.45, 7) is 4.48. The van der Waals surface area contributed by atoms with Crippen molar-refractivity contribution < 1.29 is 9.90 Å². The van der Waals surface area contributed by atoms with Gasteiger partial charge in [-0.3, -0.25) is 4.68 Å². The van der Waals surface area contributed by atoms with E-state index in [1.807, 2.05) is 13.8 Å². The van der Waals surface area contributed by atoms with Gasteiger partial charge < -0.3 is 10.2 Å². The van der Waals surface area contributed by atoms with Gasteiger partial charge in [0.25, 0.3) is 0 Å². The Hall–Kier alpha value is -1.10. The minimum absolute atomic E-state index is 0.236. The van der Waals surface area contributed by atoms with Crippen LogP contribution in [0.4, 0.5) is 0 Å². The van der Waals surface area contributed by atoms with E-state index in [1.165, 1.54) is 0 Å². The van der Waals surface area contributed by atoms with Crippen LogP contribution in [0.5, 0.6) is 0 Å². The molecule has 4 nitrogen and oxygen atoms in total. The Kier molecular flexibility index (Phi) is 2.87. The van der Waals surface area contributed by atoms with Gasteiger partial charge in [0.1, 0.15) is 10.2 Å². The maximum Gasteiger partial charge on any atom is 0.340 e.